The molecule has 1 saturated heterocycles. The lowest BCUT2D eigenvalue weighted by Crippen LogP contribution is -2.35. The van der Waals surface area contributed by atoms with Crippen LogP contribution in [0.25, 0.3) is 0 Å². The molecule has 18 heavy (non-hydrogen) atoms. The molecule has 0 bridgehead atoms. The maximum absolute atomic E-state index is 10.8. The van der Waals surface area contributed by atoms with Crippen LogP contribution in [0, 0.1) is 21.4 Å². The molecular formula is C12H13N3O3. The largest absolute Gasteiger partial charge is 0.379 e. The van der Waals surface area contributed by atoms with Gasteiger partial charge in [-0.1, -0.05) is 0 Å². The monoisotopic (exact) mass is 247 g/mol. The molecule has 0 aliphatic carbocycles. The molecule has 0 atom stereocenters. The van der Waals surface area contributed by atoms with Crippen LogP contribution >= 0.6 is 0 Å². The molecule has 2 rings (SSSR count). The number of nitrogens with zero attached hydrogens (tertiary/aromatic N) is 3. The molecule has 1 aliphatic heterocycles. The van der Waals surface area contributed by atoms with E-state index < -0.39 is 4.92 Å². The normalized spacial score (nSPS) is 16.2. The first-order chi connectivity index (χ1) is 8.69. The Morgan fingerprint density at radius 1 is 1.39 bits per heavy atom. The smallest absolute Gasteiger partial charge is 0.271 e. The standard InChI is InChI=1S/C12H13N3O3/c13-8-10-5-11(7-12(6-10)15(16)17)9-14-1-3-18-4-2-14/h5-7H,1-4,9H2. The first kappa shape index (κ1) is 12.5. The molecule has 94 valence electrons. The Balaban J connectivity index is 2.18. The zero-order chi connectivity index (χ0) is 13.0. The van der Waals surface area contributed by atoms with Crippen molar-refractivity contribution >= 4 is 5.69 Å². The van der Waals surface area contributed by atoms with E-state index in [2.05, 4.69) is 4.90 Å². The predicted molar refractivity (Wildman–Crippen MR) is 63.9 cm³/mol. The van der Waals surface area contributed by atoms with Gasteiger partial charge in [0.2, 0.25) is 0 Å². The van der Waals surface area contributed by atoms with Gasteiger partial charge >= 0.3 is 0 Å². The van der Waals surface area contributed by atoms with Crippen molar-refractivity contribution in [3.63, 3.8) is 0 Å². The lowest BCUT2D eigenvalue weighted by atomic mass is 10.1. The summed E-state index contributed by atoms with van der Waals surface area (Å²) < 4.78 is 5.24. The highest BCUT2D eigenvalue weighted by molar-refractivity contribution is 5.44. The summed E-state index contributed by atoms with van der Waals surface area (Å²) in [4.78, 5) is 12.5. The highest BCUT2D eigenvalue weighted by Gasteiger charge is 2.14. The van der Waals surface area contributed by atoms with Gasteiger partial charge in [-0.25, -0.2) is 0 Å². The highest BCUT2D eigenvalue weighted by atomic mass is 16.6. The van der Waals surface area contributed by atoms with E-state index >= 15 is 0 Å². The minimum Gasteiger partial charge on any atom is -0.379 e. The fraction of sp³-hybridized carbons (Fsp3) is 0.417. The number of nitriles is 1. The Morgan fingerprint density at radius 3 is 2.72 bits per heavy atom. The van der Waals surface area contributed by atoms with Gasteiger partial charge in [0.25, 0.3) is 5.69 Å². The van der Waals surface area contributed by atoms with E-state index in [9.17, 15) is 10.1 Å². The number of non-ortho nitro benzene ring substituents is 1. The van der Waals surface area contributed by atoms with Crippen molar-refractivity contribution in [2.24, 2.45) is 0 Å². The quantitative estimate of drug-likeness (QED) is 0.594. The van der Waals surface area contributed by atoms with E-state index in [4.69, 9.17) is 10.00 Å². The minimum atomic E-state index is -0.469. The van der Waals surface area contributed by atoms with Gasteiger partial charge in [-0.2, -0.15) is 5.26 Å². The van der Waals surface area contributed by atoms with Gasteiger partial charge in [0, 0.05) is 31.8 Å². The van der Waals surface area contributed by atoms with Crippen molar-refractivity contribution in [3.8, 4) is 6.07 Å². The van der Waals surface area contributed by atoms with Crippen LogP contribution in [-0.2, 0) is 11.3 Å². The molecule has 1 aromatic carbocycles. The summed E-state index contributed by atoms with van der Waals surface area (Å²) in [5, 5.41) is 19.6. The zero-order valence-corrected chi connectivity index (χ0v) is 9.83. The van der Waals surface area contributed by atoms with E-state index in [1.807, 2.05) is 6.07 Å². The molecule has 0 N–H and O–H groups in total. The number of morpholine rings is 1. The van der Waals surface area contributed by atoms with Crippen molar-refractivity contribution in [2.45, 2.75) is 6.54 Å². The minimum absolute atomic E-state index is 0.0303. The first-order valence-corrected chi connectivity index (χ1v) is 5.67. The summed E-state index contributed by atoms with van der Waals surface area (Å²) in [5.74, 6) is 0. The van der Waals surface area contributed by atoms with Gasteiger partial charge in [0.1, 0.15) is 0 Å². The Bertz CT molecular complexity index is 490. The maximum Gasteiger partial charge on any atom is 0.271 e. The topological polar surface area (TPSA) is 79.4 Å². The molecule has 0 spiro atoms. The second kappa shape index (κ2) is 5.58. The van der Waals surface area contributed by atoms with Gasteiger partial charge in [-0.15, -0.1) is 0 Å². The van der Waals surface area contributed by atoms with E-state index in [0.29, 0.717) is 25.3 Å². The number of rotatable bonds is 3. The Morgan fingerprint density at radius 2 is 2.11 bits per heavy atom. The van der Waals surface area contributed by atoms with Crippen LogP contribution in [0.3, 0.4) is 0 Å². The number of nitro groups is 1. The number of ether oxygens (including phenoxy) is 1. The van der Waals surface area contributed by atoms with Gasteiger partial charge in [0.05, 0.1) is 29.8 Å². The van der Waals surface area contributed by atoms with Crippen molar-refractivity contribution < 1.29 is 9.66 Å². The van der Waals surface area contributed by atoms with Crippen LogP contribution in [0.4, 0.5) is 5.69 Å². The Hall–Kier alpha value is -1.97. The summed E-state index contributed by atoms with van der Waals surface area (Å²) in [5.41, 5.74) is 1.09. The molecule has 1 fully saturated rings. The second-order valence-electron chi connectivity index (χ2n) is 4.15. The number of nitro benzene ring substituents is 1. The van der Waals surface area contributed by atoms with Gasteiger partial charge in [-0.05, 0) is 11.6 Å². The lowest BCUT2D eigenvalue weighted by molar-refractivity contribution is -0.384. The Kier molecular flexibility index (Phi) is 3.87. The molecular weight excluding hydrogens is 234 g/mol. The number of hydrogen-bond acceptors (Lipinski definition) is 5. The van der Waals surface area contributed by atoms with Crippen LogP contribution in [-0.4, -0.2) is 36.1 Å². The van der Waals surface area contributed by atoms with Gasteiger partial charge in [-0.3, -0.25) is 15.0 Å². The van der Waals surface area contributed by atoms with Crippen LogP contribution in [0.1, 0.15) is 11.1 Å². The molecule has 6 nitrogen and oxygen atoms in total. The molecule has 1 aromatic rings. The van der Waals surface area contributed by atoms with Crippen LogP contribution < -0.4 is 0 Å². The summed E-state index contributed by atoms with van der Waals surface area (Å²) in [6.45, 7) is 3.59. The van der Waals surface area contributed by atoms with Gasteiger partial charge < -0.3 is 4.74 Å². The van der Waals surface area contributed by atoms with E-state index in [1.165, 1.54) is 12.1 Å². The fourth-order valence-corrected chi connectivity index (χ4v) is 1.95. The SMILES string of the molecule is N#Cc1cc(CN2CCOCC2)cc([N+](=O)[O-])c1. The van der Waals surface area contributed by atoms with Crippen LogP contribution in [0.15, 0.2) is 18.2 Å². The molecule has 1 heterocycles. The average Bonchev–Trinajstić information content (AvgIpc) is 2.39. The molecule has 0 saturated carbocycles. The third-order valence-electron chi connectivity index (χ3n) is 2.83. The van der Waals surface area contributed by atoms with Gasteiger partial charge in [0.15, 0.2) is 0 Å². The molecule has 0 unspecified atom stereocenters. The first-order valence-electron chi connectivity index (χ1n) is 5.67. The number of benzene rings is 1. The second-order valence-corrected chi connectivity index (χ2v) is 4.15. The lowest BCUT2D eigenvalue weighted by Gasteiger charge is -2.26. The van der Waals surface area contributed by atoms with Crippen LogP contribution in [0.2, 0.25) is 0 Å². The van der Waals surface area contributed by atoms with Crippen molar-refractivity contribution in [1.82, 2.24) is 4.90 Å². The van der Waals surface area contributed by atoms with E-state index in [-0.39, 0.29) is 5.69 Å². The highest BCUT2D eigenvalue weighted by Crippen LogP contribution is 2.18. The molecule has 0 radical (unpaired) electrons. The van der Waals surface area contributed by atoms with Crippen molar-refractivity contribution in [1.29, 1.82) is 5.26 Å². The number of hydrogen-bond donors (Lipinski definition) is 0. The van der Waals surface area contributed by atoms with E-state index in [1.54, 1.807) is 6.07 Å². The predicted octanol–water partition coefficient (Wildman–Crippen LogP) is 1.30. The summed E-state index contributed by atoms with van der Waals surface area (Å²) >= 11 is 0. The molecule has 0 amide bonds. The molecule has 6 heteroatoms. The fourth-order valence-electron chi connectivity index (χ4n) is 1.95. The molecule has 0 aromatic heterocycles. The summed E-state index contributed by atoms with van der Waals surface area (Å²) in [7, 11) is 0. The molecule has 1 aliphatic rings. The third kappa shape index (κ3) is 3.03. The zero-order valence-electron chi connectivity index (χ0n) is 9.83. The summed E-state index contributed by atoms with van der Waals surface area (Å²) in [6.07, 6.45) is 0. The third-order valence-corrected chi connectivity index (χ3v) is 2.83. The average molecular weight is 247 g/mol. The van der Waals surface area contributed by atoms with Crippen LogP contribution in [0.5, 0.6) is 0 Å². The Labute approximate surface area is 105 Å². The van der Waals surface area contributed by atoms with E-state index in [0.717, 1.165) is 18.7 Å². The van der Waals surface area contributed by atoms with Crippen molar-refractivity contribution in [3.05, 3.63) is 39.4 Å². The summed E-state index contributed by atoms with van der Waals surface area (Å²) in [6, 6.07) is 6.47. The van der Waals surface area contributed by atoms with Crippen molar-refractivity contribution in [2.75, 3.05) is 26.3 Å². The maximum atomic E-state index is 10.8.